The van der Waals surface area contributed by atoms with Crippen LogP contribution < -0.4 is 15.4 Å². The lowest BCUT2D eigenvalue weighted by molar-refractivity contribution is -0.166. The van der Waals surface area contributed by atoms with Crippen LogP contribution in [0.1, 0.15) is 30.4 Å². The second kappa shape index (κ2) is 30.7. The number of phenolic OH excluding ortho intramolecular Hbond substituents is 1. The number of phenols is 1. The maximum atomic E-state index is 13.5. The highest BCUT2D eigenvalue weighted by atomic mass is 32.2. The molecule has 2 aromatic carbocycles. The molecule has 2 rings (SSSR count). The number of benzene rings is 2. The van der Waals surface area contributed by atoms with Gasteiger partial charge >= 0.3 is 42.0 Å². The smallest absolute Gasteiger partial charge is 0.412 e. The van der Waals surface area contributed by atoms with Crippen LogP contribution in [-0.4, -0.2) is 122 Å². The summed E-state index contributed by atoms with van der Waals surface area (Å²) in [5, 5.41) is 15.3. The zero-order valence-electron chi connectivity index (χ0n) is 39.4. The molecule has 2 amide bonds. The third-order valence-electron chi connectivity index (χ3n) is 9.79. The van der Waals surface area contributed by atoms with Gasteiger partial charge < -0.3 is 53.6 Å². The number of unbranched alkanes of at least 4 members (excludes halogenated alkanes) is 2. The number of rotatable bonds is 34. The van der Waals surface area contributed by atoms with Crippen LogP contribution in [0.3, 0.4) is 0 Å². The van der Waals surface area contributed by atoms with Crippen molar-refractivity contribution in [1.29, 1.82) is 0 Å². The number of esters is 5. The molecule has 0 aliphatic heterocycles. The first-order valence-corrected chi connectivity index (χ1v) is 23.2. The summed E-state index contributed by atoms with van der Waals surface area (Å²) >= 11 is 0. The van der Waals surface area contributed by atoms with Crippen LogP contribution >= 0.6 is 0 Å². The van der Waals surface area contributed by atoms with Crippen molar-refractivity contribution in [3.63, 3.8) is 0 Å². The van der Waals surface area contributed by atoms with Gasteiger partial charge in [0.25, 0.3) is 0 Å². The number of sulfone groups is 1. The topological polar surface area (TPSA) is 272 Å². The van der Waals surface area contributed by atoms with Crippen molar-refractivity contribution < 1.29 is 85.0 Å². The minimum Gasteiger partial charge on any atom is -0.508 e. The number of carbonyl (C=O) groups is 7. The van der Waals surface area contributed by atoms with Crippen LogP contribution in [0.5, 0.6) is 11.5 Å². The van der Waals surface area contributed by atoms with E-state index in [0.29, 0.717) is 30.4 Å². The third-order valence-corrected chi connectivity index (χ3v) is 11.5. The van der Waals surface area contributed by atoms with E-state index in [1.165, 1.54) is 42.5 Å². The number of nitrogens with one attached hydrogen (secondary N) is 2. The number of carbonyl (C=O) groups excluding carboxylic acids is 7. The molecule has 0 spiro atoms. The van der Waals surface area contributed by atoms with Gasteiger partial charge in [0.15, 0.2) is 0 Å². The molecule has 0 fully saturated rings. The van der Waals surface area contributed by atoms with Gasteiger partial charge in [-0.25, -0.2) is 42.0 Å². The SMILES string of the molecule is C=CCc1cc(S(=O)(=O)c2ccc(OC(=O)NCCCCCNC(=O)OCC(COCC(COC(=O)C=C)(COC(=O)C=C)COC(=O)C=C)(COC(=O)C=C)COC(=O)C=C)c(CC=C)c2)ccc1O. The molecule has 71 heavy (non-hydrogen) atoms. The average molecular weight is 1010 g/mol. The molecule has 0 aliphatic rings. The molecule has 0 radical (unpaired) electrons. The summed E-state index contributed by atoms with van der Waals surface area (Å²) in [6.07, 6.45) is 7.54. The fourth-order valence-electron chi connectivity index (χ4n) is 5.93. The van der Waals surface area contributed by atoms with Crippen molar-refractivity contribution >= 4 is 51.9 Å². The monoisotopic (exact) mass is 1010 g/mol. The standard InChI is InChI=1S/C50H60N2O18S/c1-8-18-36-26-38(20-22-40(36)53)71(61,62)39-21-23-41(37(27-39)19-9-2)70-48(60)52-25-17-15-16-24-51-47(59)69-35-50(33-67-45(57)13-6,34-68-46(58)14-7)29-63-28-49(30-64-42(54)10-3,31-65-43(55)11-4)32-66-44(56)12-5/h8-14,20-23,26-27,53H,1-7,15-19,24-25,28-35H2,(H,51,59)(H,52,60). The molecular formula is C50H60N2O18S. The minimum absolute atomic E-state index is 0.0329. The largest absolute Gasteiger partial charge is 0.508 e. The number of allylic oxidation sites excluding steroid dienone is 2. The molecule has 0 aromatic heterocycles. The second-order valence-electron chi connectivity index (χ2n) is 15.5. The van der Waals surface area contributed by atoms with E-state index < -0.39 is 116 Å². The number of hydrogen-bond donors (Lipinski definition) is 3. The molecule has 0 unspecified atom stereocenters. The van der Waals surface area contributed by atoms with E-state index >= 15 is 0 Å². The highest BCUT2D eigenvalue weighted by Gasteiger charge is 2.40. The van der Waals surface area contributed by atoms with Crippen LogP contribution in [0.25, 0.3) is 0 Å². The number of alkyl carbamates (subject to hydrolysis) is 1. The van der Waals surface area contributed by atoms with Gasteiger partial charge in [-0.05, 0) is 74.1 Å². The Labute approximate surface area is 412 Å². The van der Waals surface area contributed by atoms with Gasteiger partial charge in [0.1, 0.15) is 51.1 Å². The molecule has 0 heterocycles. The molecular weight excluding hydrogens is 949 g/mol. The Morgan fingerprint density at radius 1 is 0.507 bits per heavy atom. The number of ether oxygens (including phenoxy) is 8. The molecule has 2 aromatic rings. The molecule has 384 valence electrons. The van der Waals surface area contributed by atoms with Crippen molar-refractivity contribution in [3.05, 3.63) is 136 Å². The minimum atomic E-state index is -4.01. The number of aromatic hydroxyl groups is 1. The summed E-state index contributed by atoms with van der Waals surface area (Å²) in [6.45, 7) is 20.0. The summed E-state index contributed by atoms with van der Waals surface area (Å²) in [6, 6.07) is 8.04. The molecule has 21 heteroatoms. The fourth-order valence-corrected chi connectivity index (χ4v) is 7.30. The van der Waals surface area contributed by atoms with Gasteiger partial charge in [0, 0.05) is 49.0 Å². The predicted molar refractivity (Wildman–Crippen MR) is 256 cm³/mol. The maximum absolute atomic E-state index is 13.5. The quantitative estimate of drug-likeness (QED) is 0.0264. The van der Waals surface area contributed by atoms with E-state index in [2.05, 4.69) is 56.7 Å². The van der Waals surface area contributed by atoms with E-state index in [-0.39, 0.29) is 47.2 Å². The lowest BCUT2D eigenvalue weighted by Gasteiger charge is -2.35. The highest BCUT2D eigenvalue weighted by Crippen LogP contribution is 2.31. The average Bonchev–Trinajstić information content (AvgIpc) is 3.36. The molecule has 0 atom stereocenters. The summed E-state index contributed by atoms with van der Waals surface area (Å²) < 4.78 is 70.2. The highest BCUT2D eigenvalue weighted by molar-refractivity contribution is 7.91. The Bertz CT molecular complexity index is 2310. The first kappa shape index (κ1) is 59.3. The van der Waals surface area contributed by atoms with Crippen LogP contribution in [0.4, 0.5) is 9.59 Å². The number of amides is 2. The molecule has 3 N–H and O–H groups in total. The van der Waals surface area contributed by atoms with Crippen LogP contribution in [-0.2, 0) is 79.8 Å². The normalized spacial score (nSPS) is 11.0. The van der Waals surface area contributed by atoms with Gasteiger partial charge in [0.2, 0.25) is 9.84 Å². The lowest BCUT2D eigenvalue weighted by Crippen LogP contribution is -2.47. The predicted octanol–water partition coefficient (Wildman–Crippen LogP) is 5.30. The Kier molecular flexibility index (Phi) is 25.6. The third kappa shape index (κ3) is 20.8. The second-order valence-corrected chi connectivity index (χ2v) is 17.4. The number of hydrogen-bond acceptors (Lipinski definition) is 18. The summed E-state index contributed by atoms with van der Waals surface area (Å²) in [5.74, 6) is -4.34. The van der Waals surface area contributed by atoms with Crippen molar-refractivity contribution in [3.8, 4) is 11.5 Å². The van der Waals surface area contributed by atoms with Gasteiger partial charge in [-0.2, -0.15) is 0 Å². The Hall–Kier alpha value is -7.78. The summed E-state index contributed by atoms with van der Waals surface area (Å²) in [5.41, 5.74) is -2.42. The van der Waals surface area contributed by atoms with Crippen molar-refractivity contribution in [2.24, 2.45) is 10.8 Å². The molecule has 0 saturated heterocycles. The first-order chi connectivity index (χ1) is 33.8. The maximum Gasteiger partial charge on any atom is 0.412 e. The molecule has 20 nitrogen and oxygen atoms in total. The summed E-state index contributed by atoms with van der Waals surface area (Å²) in [7, 11) is -4.01. The zero-order chi connectivity index (χ0) is 52.9. The lowest BCUT2D eigenvalue weighted by atomic mass is 9.90. The van der Waals surface area contributed by atoms with Gasteiger partial charge in [-0.1, -0.05) is 45.0 Å². The Morgan fingerprint density at radius 3 is 1.31 bits per heavy atom. The van der Waals surface area contributed by atoms with Crippen molar-refractivity contribution in [2.45, 2.75) is 41.9 Å². The van der Waals surface area contributed by atoms with E-state index in [1.54, 1.807) is 6.08 Å². The van der Waals surface area contributed by atoms with Gasteiger partial charge in [0.05, 0.1) is 33.8 Å². The Balaban J connectivity index is 2.09. The molecule has 0 aliphatic carbocycles. The van der Waals surface area contributed by atoms with Gasteiger partial charge in [-0.3, -0.25) is 0 Å². The van der Waals surface area contributed by atoms with Crippen molar-refractivity contribution in [1.82, 2.24) is 10.6 Å². The molecule has 0 bridgehead atoms. The van der Waals surface area contributed by atoms with Crippen LogP contribution in [0.15, 0.2) is 135 Å². The first-order valence-electron chi connectivity index (χ1n) is 21.7. The van der Waals surface area contributed by atoms with E-state index in [0.717, 1.165) is 30.4 Å². The van der Waals surface area contributed by atoms with E-state index in [1.807, 2.05) is 0 Å². The van der Waals surface area contributed by atoms with Crippen LogP contribution in [0, 0.1) is 10.8 Å². The fraction of sp³-hybridized carbons (Fsp3) is 0.340. The zero-order valence-corrected chi connectivity index (χ0v) is 40.2. The van der Waals surface area contributed by atoms with Crippen molar-refractivity contribution in [2.75, 3.05) is 65.9 Å². The van der Waals surface area contributed by atoms with E-state index in [4.69, 9.17) is 37.9 Å². The Morgan fingerprint density at radius 2 is 0.887 bits per heavy atom. The van der Waals surface area contributed by atoms with Gasteiger partial charge in [-0.15, -0.1) is 13.2 Å². The summed E-state index contributed by atoms with van der Waals surface area (Å²) in [4.78, 5) is 86.3. The van der Waals surface area contributed by atoms with Crippen LogP contribution in [0.2, 0.25) is 0 Å². The van der Waals surface area contributed by atoms with E-state index in [9.17, 15) is 47.1 Å². The molecule has 0 saturated carbocycles.